The van der Waals surface area contributed by atoms with Crippen molar-refractivity contribution >= 4 is 33.7 Å². The summed E-state index contributed by atoms with van der Waals surface area (Å²) in [6.07, 6.45) is 7.10. The van der Waals surface area contributed by atoms with Crippen LogP contribution in [0.15, 0.2) is 30.7 Å². The molecule has 1 unspecified atom stereocenters. The molecule has 1 aromatic carbocycles. The van der Waals surface area contributed by atoms with Crippen molar-refractivity contribution in [3.8, 4) is 0 Å². The first-order valence-electron chi connectivity index (χ1n) is 11.0. The molecule has 0 aliphatic carbocycles. The predicted molar refractivity (Wildman–Crippen MR) is 124 cm³/mol. The number of aromatic nitrogens is 3. The van der Waals surface area contributed by atoms with Gasteiger partial charge in [0.2, 0.25) is 0 Å². The first-order chi connectivity index (χ1) is 15.3. The third-order valence-electron chi connectivity index (χ3n) is 6.15. The number of hydrogen-bond donors (Lipinski definition) is 0. The van der Waals surface area contributed by atoms with Crippen LogP contribution in [0.3, 0.4) is 0 Å². The molecule has 4 heterocycles. The molecule has 31 heavy (non-hydrogen) atoms. The Bertz CT molecular complexity index is 1020. The number of benzene rings is 1. The summed E-state index contributed by atoms with van der Waals surface area (Å²) in [5, 5.41) is 2.35. The van der Waals surface area contributed by atoms with Crippen LogP contribution in [0, 0.1) is 5.92 Å². The van der Waals surface area contributed by atoms with Crippen LogP contribution in [0.25, 0.3) is 10.9 Å². The second-order valence-corrected chi connectivity index (χ2v) is 9.51. The topological polar surface area (TPSA) is 63.6 Å². The number of nitrogens with zero attached hydrogens (tertiary/aromatic N) is 5. The van der Waals surface area contributed by atoms with Gasteiger partial charge in [-0.05, 0) is 37.0 Å². The molecule has 5 rings (SSSR count). The van der Waals surface area contributed by atoms with Gasteiger partial charge >= 0.3 is 0 Å². The van der Waals surface area contributed by atoms with Crippen molar-refractivity contribution in [1.29, 1.82) is 0 Å². The van der Waals surface area contributed by atoms with Crippen LogP contribution in [0.5, 0.6) is 0 Å². The van der Waals surface area contributed by atoms with Gasteiger partial charge in [-0.3, -0.25) is 0 Å². The largest absolute Gasteiger partial charge is 0.379 e. The summed E-state index contributed by atoms with van der Waals surface area (Å²) in [5.41, 5.74) is 2.23. The normalized spacial score (nSPS) is 19.8. The van der Waals surface area contributed by atoms with Crippen LogP contribution in [0.1, 0.15) is 22.7 Å². The lowest BCUT2D eigenvalue weighted by Gasteiger charge is -2.34. The van der Waals surface area contributed by atoms with Crippen molar-refractivity contribution in [1.82, 2.24) is 15.0 Å². The summed E-state index contributed by atoms with van der Waals surface area (Å²) in [4.78, 5) is 19.9. The van der Waals surface area contributed by atoms with E-state index in [0.29, 0.717) is 12.5 Å². The maximum Gasteiger partial charge on any atom is 0.139 e. The van der Waals surface area contributed by atoms with E-state index in [-0.39, 0.29) is 0 Å². The van der Waals surface area contributed by atoms with Gasteiger partial charge in [-0.15, -0.1) is 11.3 Å². The van der Waals surface area contributed by atoms with Gasteiger partial charge in [-0.25, -0.2) is 15.0 Å². The van der Waals surface area contributed by atoms with Crippen LogP contribution < -0.4 is 9.80 Å². The lowest BCUT2D eigenvalue weighted by atomic mass is 9.95. The molecule has 0 N–H and O–H groups in total. The summed E-state index contributed by atoms with van der Waals surface area (Å²) in [6.45, 7) is 6.13. The van der Waals surface area contributed by atoms with Crippen molar-refractivity contribution in [3.05, 3.63) is 40.6 Å². The minimum Gasteiger partial charge on any atom is -0.379 e. The van der Waals surface area contributed by atoms with Crippen molar-refractivity contribution in [3.63, 3.8) is 0 Å². The van der Waals surface area contributed by atoms with Crippen molar-refractivity contribution in [2.45, 2.75) is 25.9 Å². The maximum absolute atomic E-state index is 5.49. The van der Waals surface area contributed by atoms with Gasteiger partial charge in [-0.1, -0.05) is 0 Å². The standard InChI is InChI=1S/C23H29N5O2S/c1-29-15-19-13-24-22(31-19)11-17-3-2-6-28(14-17)23-20-5-4-18(12-21(20)25-16-26-23)27-7-9-30-10-8-27/h4-5,12-13,16-17H,2-3,6-11,14-15H2,1H3. The van der Waals surface area contributed by atoms with E-state index in [4.69, 9.17) is 14.5 Å². The molecule has 3 aromatic rings. The fraction of sp³-hybridized carbons (Fsp3) is 0.522. The van der Waals surface area contributed by atoms with E-state index >= 15 is 0 Å². The van der Waals surface area contributed by atoms with Gasteiger partial charge in [0, 0.05) is 57.0 Å². The Morgan fingerprint density at radius 1 is 1.13 bits per heavy atom. The fourth-order valence-corrected chi connectivity index (χ4v) is 5.63. The highest BCUT2D eigenvalue weighted by Gasteiger charge is 2.24. The Morgan fingerprint density at radius 2 is 2.03 bits per heavy atom. The monoisotopic (exact) mass is 439 g/mol. The molecule has 2 aliphatic rings. The molecular formula is C23H29N5O2S. The predicted octanol–water partition coefficient (Wildman–Crippen LogP) is 3.53. The van der Waals surface area contributed by atoms with Crippen molar-refractivity contribution < 1.29 is 9.47 Å². The van der Waals surface area contributed by atoms with Gasteiger partial charge in [0.25, 0.3) is 0 Å². The number of piperidine rings is 1. The van der Waals surface area contributed by atoms with E-state index in [1.165, 1.54) is 28.4 Å². The summed E-state index contributed by atoms with van der Waals surface area (Å²) in [6, 6.07) is 6.59. The molecule has 0 amide bonds. The number of morpholine rings is 1. The summed E-state index contributed by atoms with van der Waals surface area (Å²) >= 11 is 1.77. The van der Waals surface area contributed by atoms with Gasteiger partial charge in [0.1, 0.15) is 12.1 Å². The van der Waals surface area contributed by atoms with Gasteiger partial charge in [0.15, 0.2) is 0 Å². The lowest BCUT2D eigenvalue weighted by molar-refractivity contribution is 0.122. The summed E-state index contributed by atoms with van der Waals surface area (Å²) in [7, 11) is 1.73. The number of methoxy groups -OCH3 is 1. The number of fused-ring (bicyclic) bond motifs is 1. The van der Waals surface area contributed by atoms with Crippen molar-refractivity contribution in [2.75, 3.05) is 56.3 Å². The van der Waals surface area contributed by atoms with Gasteiger partial charge in [-0.2, -0.15) is 0 Å². The van der Waals surface area contributed by atoms with Crippen LogP contribution in [0.4, 0.5) is 11.5 Å². The Morgan fingerprint density at radius 3 is 2.90 bits per heavy atom. The number of rotatable bonds is 6. The quantitative estimate of drug-likeness (QED) is 0.582. The third kappa shape index (κ3) is 4.66. The molecular weight excluding hydrogens is 410 g/mol. The van der Waals surface area contributed by atoms with Crippen LogP contribution >= 0.6 is 11.3 Å². The Hall–Kier alpha value is -2.29. The second-order valence-electron chi connectivity index (χ2n) is 8.31. The first kappa shape index (κ1) is 20.6. The Kier molecular flexibility index (Phi) is 6.29. The van der Waals surface area contributed by atoms with E-state index in [0.717, 1.165) is 62.5 Å². The molecule has 7 nitrogen and oxygen atoms in total. The van der Waals surface area contributed by atoms with Crippen LogP contribution in [0.2, 0.25) is 0 Å². The van der Waals surface area contributed by atoms with E-state index in [1.54, 1.807) is 24.8 Å². The molecule has 1 atom stereocenters. The molecule has 0 saturated carbocycles. The molecule has 2 fully saturated rings. The minimum atomic E-state index is 0.591. The third-order valence-corrected chi connectivity index (χ3v) is 7.14. The molecule has 164 valence electrons. The van der Waals surface area contributed by atoms with E-state index < -0.39 is 0 Å². The SMILES string of the molecule is COCc1cnc(CC2CCCN(c3ncnc4cc(N5CCOCC5)ccc34)C2)s1. The molecule has 2 saturated heterocycles. The maximum atomic E-state index is 5.49. The number of anilines is 2. The molecule has 0 spiro atoms. The Balaban J connectivity index is 1.33. The molecule has 0 bridgehead atoms. The van der Waals surface area contributed by atoms with E-state index in [9.17, 15) is 0 Å². The molecule has 2 aromatic heterocycles. The highest BCUT2D eigenvalue weighted by atomic mass is 32.1. The minimum absolute atomic E-state index is 0.591. The second kappa shape index (κ2) is 9.46. The molecule has 8 heteroatoms. The molecule has 0 radical (unpaired) electrons. The number of thiazole rings is 1. The van der Waals surface area contributed by atoms with Crippen LogP contribution in [-0.4, -0.2) is 61.5 Å². The van der Waals surface area contributed by atoms with E-state index in [2.05, 4.69) is 38.0 Å². The van der Waals surface area contributed by atoms with Gasteiger partial charge < -0.3 is 19.3 Å². The zero-order valence-corrected chi connectivity index (χ0v) is 18.8. The van der Waals surface area contributed by atoms with Gasteiger partial charge in [0.05, 0.1) is 35.2 Å². The Labute approximate surface area is 187 Å². The fourth-order valence-electron chi connectivity index (χ4n) is 4.62. The highest BCUT2D eigenvalue weighted by molar-refractivity contribution is 7.11. The number of hydrogen-bond acceptors (Lipinski definition) is 8. The zero-order chi connectivity index (χ0) is 21.0. The smallest absolute Gasteiger partial charge is 0.139 e. The average molecular weight is 440 g/mol. The summed E-state index contributed by atoms with van der Waals surface area (Å²) < 4.78 is 10.7. The number of ether oxygens (including phenoxy) is 2. The van der Waals surface area contributed by atoms with E-state index in [1.807, 2.05) is 6.20 Å². The summed E-state index contributed by atoms with van der Waals surface area (Å²) in [5.74, 6) is 1.65. The first-order valence-corrected chi connectivity index (χ1v) is 11.9. The highest BCUT2D eigenvalue weighted by Crippen LogP contribution is 2.31. The molecule has 2 aliphatic heterocycles. The van der Waals surface area contributed by atoms with Crippen LogP contribution in [-0.2, 0) is 22.5 Å². The lowest BCUT2D eigenvalue weighted by Crippen LogP contribution is -2.37. The van der Waals surface area contributed by atoms with Crippen molar-refractivity contribution in [2.24, 2.45) is 5.92 Å². The zero-order valence-electron chi connectivity index (χ0n) is 18.0. The average Bonchev–Trinajstić information content (AvgIpc) is 3.26.